The van der Waals surface area contributed by atoms with Crippen LogP contribution in [-0.2, 0) is 4.29 Å². The van der Waals surface area contributed by atoms with Crippen LogP contribution in [0.2, 0.25) is 0 Å². The minimum absolute atomic E-state index is 0. The van der Waals surface area contributed by atoms with Crippen molar-refractivity contribution in [2.45, 2.75) is 0 Å². The SMILES string of the molecule is CO[Cl+3]([O-])([O-])[O-].S.c1ccc(-c2ccccc2)cc1. The molecule has 0 saturated carbocycles. The molecular formula is C13H15ClO4S. The van der Waals surface area contributed by atoms with Crippen molar-refractivity contribution < 1.29 is 28.5 Å². The van der Waals surface area contributed by atoms with Crippen LogP contribution in [0.25, 0.3) is 11.1 Å². The Morgan fingerprint density at radius 2 is 1.00 bits per heavy atom. The number of hydrogen-bond acceptors (Lipinski definition) is 4. The fraction of sp³-hybridized carbons (Fsp3) is 0.0769. The van der Waals surface area contributed by atoms with Gasteiger partial charge in [-0.15, -0.1) is 0 Å². The molecule has 2 rings (SSSR count). The molecular weight excluding hydrogens is 288 g/mol. The van der Waals surface area contributed by atoms with Crippen LogP contribution in [0, 0.1) is 10.2 Å². The summed E-state index contributed by atoms with van der Waals surface area (Å²) in [4.78, 5) is 0. The smallest absolute Gasteiger partial charge is 0.193 e. The molecule has 0 radical (unpaired) electrons. The fourth-order valence-corrected chi connectivity index (χ4v) is 1.26. The highest BCUT2D eigenvalue weighted by Crippen LogP contribution is 2.17. The van der Waals surface area contributed by atoms with Gasteiger partial charge in [-0.1, -0.05) is 60.7 Å². The Labute approximate surface area is 121 Å². The van der Waals surface area contributed by atoms with Crippen molar-refractivity contribution in [3.63, 3.8) is 0 Å². The number of halogens is 1. The first kappa shape index (κ1) is 17.9. The van der Waals surface area contributed by atoms with E-state index >= 15 is 0 Å². The van der Waals surface area contributed by atoms with Crippen molar-refractivity contribution >= 4 is 13.5 Å². The lowest BCUT2D eigenvalue weighted by molar-refractivity contribution is -1.92. The Kier molecular flexibility index (Phi) is 8.42. The van der Waals surface area contributed by atoms with Crippen LogP contribution in [0.4, 0.5) is 0 Å². The van der Waals surface area contributed by atoms with E-state index in [4.69, 9.17) is 0 Å². The molecule has 0 saturated heterocycles. The zero-order chi connectivity index (χ0) is 13.4. The predicted octanol–water partition coefficient (Wildman–Crippen LogP) is -0.00350. The average molecular weight is 303 g/mol. The summed E-state index contributed by atoms with van der Waals surface area (Å²) in [7, 11) is -3.38. The van der Waals surface area contributed by atoms with E-state index in [1.165, 1.54) is 11.1 Å². The Hall–Kier alpha value is -1.08. The molecule has 0 bridgehead atoms. The van der Waals surface area contributed by atoms with Gasteiger partial charge in [0.2, 0.25) is 0 Å². The largest absolute Gasteiger partial charge is 0.197 e. The zero-order valence-corrected chi connectivity index (χ0v) is 12.0. The summed E-state index contributed by atoms with van der Waals surface area (Å²) in [6.07, 6.45) is 0. The second-order valence-corrected chi connectivity index (χ2v) is 4.33. The van der Waals surface area contributed by atoms with E-state index in [1.54, 1.807) is 0 Å². The zero-order valence-electron chi connectivity index (χ0n) is 10.3. The second kappa shape index (κ2) is 8.92. The van der Waals surface area contributed by atoms with Gasteiger partial charge in [-0.2, -0.15) is 27.5 Å². The Balaban J connectivity index is 0.000000404. The molecule has 2 aromatic carbocycles. The highest BCUT2D eigenvalue weighted by Gasteiger charge is 2.08. The summed E-state index contributed by atoms with van der Waals surface area (Å²) in [6.45, 7) is 0. The molecule has 0 atom stereocenters. The molecule has 0 aromatic heterocycles. The molecule has 19 heavy (non-hydrogen) atoms. The number of benzene rings is 2. The van der Waals surface area contributed by atoms with Gasteiger partial charge in [0, 0.05) is 0 Å². The van der Waals surface area contributed by atoms with Crippen LogP contribution in [0.1, 0.15) is 0 Å². The van der Waals surface area contributed by atoms with Gasteiger partial charge in [0.15, 0.2) is 7.11 Å². The van der Waals surface area contributed by atoms with Crippen LogP contribution in [0.3, 0.4) is 0 Å². The molecule has 0 heterocycles. The highest BCUT2D eigenvalue weighted by molar-refractivity contribution is 7.59. The van der Waals surface area contributed by atoms with Crippen LogP contribution in [-0.4, -0.2) is 7.11 Å². The van der Waals surface area contributed by atoms with Crippen molar-refractivity contribution in [1.29, 1.82) is 0 Å². The molecule has 104 valence electrons. The van der Waals surface area contributed by atoms with E-state index in [1.807, 2.05) is 12.1 Å². The average Bonchev–Trinajstić information content (AvgIpc) is 2.41. The maximum absolute atomic E-state index is 9.19. The van der Waals surface area contributed by atoms with Crippen molar-refractivity contribution in [1.82, 2.24) is 0 Å². The first-order chi connectivity index (χ1) is 8.53. The third kappa shape index (κ3) is 7.84. The van der Waals surface area contributed by atoms with Crippen LogP contribution >= 0.6 is 13.5 Å². The summed E-state index contributed by atoms with van der Waals surface area (Å²) in [5.74, 6) is 0. The van der Waals surface area contributed by atoms with E-state index in [0.717, 1.165) is 7.11 Å². The molecule has 0 spiro atoms. The third-order valence-corrected chi connectivity index (χ3v) is 2.45. The Morgan fingerprint density at radius 3 is 1.21 bits per heavy atom. The van der Waals surface area contributed by atoms with Crippen LogP contribution in [0.15, 0.2) is 60.7 Å². The maximum atomic E-state index is 9.19. The van der Waals surface area contributed by atoms with Crippen molar-refractivity contribution in [2.24, 2.45) is 0 Å². The molecule has 2 aromatic rings. The standard InChI is InChI=1S/C12H10.CH3ClO4.H2S/c1-3-7-11(8-4-1)12-9-5-2-6-10-12;1-6-2(3,4)5;/h1-10H;1H3;1H2. The Morgan fingerprint density at radius 1 is 0.737 bits per heavy atom. The molecule has 0 unspecified atom stereocenters. The summed E-state index contributed by atoms with van der Waals surface area (Å²) in [6, 6.07) is 20.8. The Bertz CT molecular complexity index is 408. The van der Waals surface area contributed by atoms with Gasteiger partial charge in [-0.3, -0.25) is 0 Å². The summed E-state index contributed by atoms with van der Waals surface area (Å²) in [5.41, 5.74) is 2.55. The fourth-order valence-electron chi connectivity index (χ4n) is 1.26. The molecule has 4 nitrogen and oxygen atoms in total. The third-order valence-electron chi connectivity index (χ3n) is 2.07. The minimum Gasteiger partial charge on any atom is -0.197 e. The van der Waals surface area contributed by atoms with Crippen molar-refractivity contribution in [3.8, 4) is 11.1 Å². The normalized spacial score (nSPS) is 9.89. The monoisotopic (exact) mass is 302 g/mol. The van der Waals surface area contributed by atoms with E-state index < -0.39 is 10.2 Å². The van der Waals surface area contributed by atoms with E-state index in [2.05, 4.69) is 52.8 Å². The summed E-state index contributed by atoms with van der Waals surface area (Å²) in [5, 5.41) is 0. The lowest BCUT2D eigenvalue weighted by Gasteiger charge is -2.08. The molecule has 0 amide bonds. The quantitative estimate of drug-likeness (QED) is 0.782. The number of hydrogen-bond donors (Lipinski definition) is 0. The predicted molar refractivity (Wildman–Crippen MR) is 69.3 cm³/mol. The van der Waals surface area contributed by atoms with Gasteiger partial charge in [0.25, 0.3) is 0 Å². The molecule has 6 heteroatoms. The molecule has 0 N–H and O–H groups in total. The summed E-state index contributed by atoms with van der Waals surface area (Å²) < 4.78 is 30.9. The first-order valence-electron chi connectivity index (χ1n) is 5.10. The van der Waals surface area contributed by atoms with Gasteiger partial charge in [-0.25, -0.2) is 0 Å². The van der Waals surface area contributed by atoms with E-state index in [0.29, 0.717) is 0 Å². The van der Waals surface area contributed by atoms with Gasteiger partial charge < -0.3 is 0 Å². The topological polar surface area (TPSA) is 78.4 Å². The van der Waals surface area contributed by atoms with Crippen molar-refractivity contribution in [3.05, 3.63) is 60.7 Å². The summed E-state index contributed by atoms with van der Waals surface area (Å²) >= 11 is 0. The molecule has 0 aliphatic rings. The molecule has 0 fully saturated rings. The van der Waals surface area contributed by atoms with Crippen LogP contribution in [0.5, 0.6) is 0 Å². The number of rotatable bonds is 2. The second-order valence-electron chi connectivity index (χ2n) is 3.26. The van der Waals surface area contributed by atoms with E-state index in [-0.39, 0.29) is 13.5 Å². The van der Waals surface area contributed by atoms with Crippen LogP contribution < -0.4 is 14.0 Å². The molecule has 0 aliphatic heterocycles. The van der Waals surface area contributed by atoms with E-state index in [9.17, 15) is 14.0 Å². The molecule has 0 aliphatic carbocycles. The lowest BCUT2D eigenvalue weighted by Crippen LogP contribution is -2.60. The van der Waals surface area contributed by atoms with Crippen molar-refractivity contribution in [2.75, 3.05) is 7.11 Å². The highest BCUT2D eigenvalue weighted by atomic mass is 35.7. The van der Waals surface area contributed by atoms with Gasteiger partial charge in [0.05, 0.1) is 14.5 Å². The van der Waals surface area contributed by atoms with Gasteiger partial charge >= 0.3 is 0 Å². The van der Waals surface area contributed by atoms with Gasteiger partial charge in [-0.05, 0) is 11.1 Å². The maximum Gasteiger partial charge on any atom is 0.193 e. The first-order valence-corrected chi connectivity index (χ1v) is 6.33. The minimum atomic E-state index is -4.18. The van der Waals surface area contributed by atoms with Gasteiger partial charge in [0.1, 0.15) is 0 Å². The lowest BCUT2D eigenvalue weighted by atomic mass is 10.1.